The van der Waals surface area contributed by atoms with Gasteiger partial charge in [0.05, 0.1) is 32.8 Å². The van der Waals surface area contributed by atoms with Crippen molar-refractivity contribution in [2.24, 2.45) is 11.8 Å². The second-order valence-corrected chi connectivity index (χ2v) is 21.0. The minimum atomic E-state index is -1.74. The standard InChI is InChI=1S/C53H80N10O19/c1-4-28(2)43(61-50(78)40-13-8-20-62(40)51(79)37(26-66)59-45(73)33(55-41(69)18-19-42(70)71)23-31-14-16-32(68)17-15-31)52(80)63-21-9-12-39(63)49(77)58-36(25-65)48(76)57-35(24-64)47(75)54-29(3)44(72)56-34(22-30-10-6-5-7-11-30)46(74)60-38(27-67)53(81)82/h14-17,28-30,33-40,43,64-68H,4-13,18-27H2,1-3H3,(H,54,75)(H,55,69)(H,56,72)(H,57,76)(H,58,77)(H,59,73)(H,60,74)(H,61,78)(H,70,71)(H,81,82)/t28-,29-,33-,34-,35-,36-,37-,38-,39-,40-,43-/m0/s1. The molecule has 1 saturated carbocycles. The molecule has 10 amide bonds. The summed E-state index contributed by atoms with van der Waals surface area (Å²) in [6, 6.07) is -8.79. The van der Waals surface area contributed by atoms with E-state index in [-0.39, 0.29) is 50.4 Å². The number of hydrogen-bond acceptors (Lipinski definition) is 17. The van der Waals surface area contributed by atoms with E-state index in [1.807, 2.05) is 0 Å². The molecule has 0 radical (unpaired) electrons. The lowest BCUT2D eigenvalue weighted by Crippen LogP contribution is -2.61. The van der Waals surface area contributed by atoms with Gasteiger partial charge in [-0.1, -0.05) is 64.5 Å². The third kappa shape index (κ3) is 19.6. The normalized spacial score (nSPS) is 19.5. The fourth-order valence-electron chi connectivity index (χ4n) is 9.99. The van der Waals surface area contributed by atoms with Gasteiger partial charge in [-0.2, -0.15) is 0 Å². The van der Waals surface area contributed by atoms with E-state index in [9.17, 15) is 88.2 Å². The van der Waals surface area contributed by atoms with E-state index in [1.165, 1.54) is 36.1 Å². The number of amides is 10. The third-order valence-electron chi connectivity index (χ3n) is 15.0. The predicted molar refractivity (Wildman–Crippen MR) is 286 cm³/mol. The first-order chi connectivity index (χ1) is 39.0. The van der Waals surface area contributed by atoms with Gasteiger partial charge in [-0.15, -0.1) is 0 Å². The molecule has 15 N–H and O–H groups in total. The summed E-state index contributed by atoms with van der Waals surface area (Å²) >= 11 is 0. The van der Waals surface area contributed by atoms with Gasteiger partial charge in [0, 0.05) is 25.9 Å². The molecule has 3 fully saturated rings. The number of aliphatic carboxylic acids is 2. The number of benzene rings is 1. The van der Waals surface area contributed by atoms with E-state index >= 15 is 0 Å². The van der Waals surface area contributed by atoms with Crippen LogP contribution in [-0.2, 0) is 64.0 Å². The monoisotopic (exact) mass is 1160 g/mol. The van der Waals surface area contributed by atoms with Gasteiger partial charge in [0.1, 0.15) is 66.2 Å². The Bertz CT molecular complexity index is 2430. The second-order valence-electron chi connectivity index (χ2n) is 21.0. The highest BCUT2D eigenvalue weighted by Gasteiger charge is 2.44. The van der Waals surface area contributed by atoms with Crippen LogP contribution in [0, 0.1) is 11.8 Å². The second kappa shape index (κ2) is 32.8. The van der Waals surface area contributed by atoms with Crippen LogP contribution in [0.2, 0.25) is 0 Å². The quantitative estimate of drug-likeness (QED) is 0.0335. The lowest BCUT2D eigenvalue weighted by Gasteiger charge is -2.34. The largest absolute Gasteiger partial charge is 0.508 e. The molecule has 1 aromatic carbocycles. The van der Waals surface area contributed by atoms with Crippen LogP contribution >= 0.6 is 0 Å². The third-order valence-corrected chi connectivity index (χ3v) is 15.0. The number of carbonyl (C=O) groups is 12. The SMILES string of the molecule is CC[C@H](C)[C@H](NC(=O)[C@@H]1CCCN1C(=O)[C@H](CO)NC(=O)[C@H](Cc1ccc(O)cc1)NC(=O)CCC(=O)O)C(=O)N1CCC[C@H]1C(=O)N[C@@H](CO)C(=O)N[C@@H](CO)C(=O)N[C@@H](C)C(=O)N[C@@H](CC1CCCCC1)C(=O)N[C@@H](CO)C(=O)O. The minimum absolute atomic E-state index is 0.0104. The number of carboxylic acid groups (broad SMARTS) is 2. The Morgan fingerprint density at radius 1 is 0.524 bits per heavy atom. The van der Waals surface area contributed by atoms with Gasteiger partial charge in [-0.25, -0.2) is 4.79 Å². The Hall–Kier alpha value is -7.50. The highest BCUT2D eigenvalue weighted by Crippen LogP contribution is 2.28. The van der Waals surface area contributed by atoms with Crippen LogP contribution in [0.4, 0.5) is 0 Å². The van der Waals surface area contributed by atoms with E-state index < -0.39 is 177 Å². The average molecular weight is 1160 g/mol. The van der Waals surface area contributed by atoms with E-state index in [4.69, 9.17) is 5.11 Å². The lowest BCUT2D eigenvalue weighted by atomic mass is 9.84. The maximum atomic E-state index is 14.4. The van der Waals surface area contributed by atoms with Crippen LogP contribution in [0.3, 0.4) is 0 Å². The van der Waals surface area contributed by atoms with Crippen molar-refractivity contribution in [2.75, 3.05) is 39.5 Å². The molecular weight excluding hydrogens is 1080 g/mol. The summed E-state index contributed by atoms with van der Waals surface area (Å²) in [6.45, 7) is 0.834. The van der Waals surface area contributed by atoms with Gasteiger partial charge in [0.2, 0.25) is 59.1 Å². The Morgan fingerprint density at radius 2 is 1.01 bits per heavy atom. The lowest BCUT2D eigenvalue weighted by molar-refractivity contribution is -0.146. The molecule has 2 aliphatic heterocycles. The molecule has 0 unspecified atom stereocenters. The number of phenolic OH excluding ortho intramolecular Hbond substituents is 1. The van der Waals surface area contributed by atoms with Gasteiger partial charge < -0.3 is 88.1 Å². The zero-order valence-corrected chi connectivity index (χ0v) is 46.3. The van der Waals surface area contributed by atoms with Crippen LogP contribution in [0.5, 0.6) is 5.75 Å². The topological polar surface area (TPSA) is 449 Å². The molecule has 29 heteroatoms. The van der Waals surface area contributed by atoms with Crippen molar-refractivity contribution in [3.63, 3.8) is 0 Å². The molecule has 456 valence electrons. The number of phenols is 1. The first-order valence-corrected chi connectivity index (χ1v) is 27.7. The highest BCUT2D eigenvalue weighted by atomic mass is 16.4. The first kappa shape index (κ1) is 67.0. The van der Waals surface area contributed by atoms with Crippen molar-refractivity contribution in [1.29, 1.82) is 0 Å². The van der Waals surface area contributed by atoms with Crippen molar-refractivity contribution in [3.05, 3.63) is 29.8 Å². The van der Waals surface area contributed by atoms with Crippen LogP contribution < -0.4 is 42.5 Å². The Morgan fingerprint density at radius 3 is 1.56 bits per heavy atom. The minimum Gasteiger partial charge on any atom is -0.508 e. The summed E-state index contributed by atoms with van der Waals surface area (Å²) in [6.07, 6.45) is 4.43. The van der Waals surface area contributed by atoms with E-state index in [2.05, 4.69) is 42.5 Å². The van der Waals surface area contributed by atoms with Crippen LogP contribution in [0.25, 0.3) is 0 Å². The Kier molecular flexibility index (Phi) is 26.8. The molecule has 4 rings (SSSR count). The smallest absolute Gasteiger partial charge is 0.328 e. The first-order valence-electron chi connectivity index (χ1n) is 27.7. The van der Waals surface area contributed by atoms with Gasteiger partial charge in [0.15, 0.2) is 0 Å². The molecule has 82 heavy (non-hydrogen) atoms. The van der Waals surface area contributed by atoms with Gasteiger partial charge in [-0.05, 0) is 68.6 Å². The number of carboxylic acids is 2. The summed E-state index contributed by atoms with van der Waals surface area (Å²) in [5.74, 6) is -12.2. The van der Waals surface area contributed by atoms with Gasteiger partial charge in [0.25, 0.3) is 0 Å². The Balaban J connectivity index is 1.39. The zero-order valence-electron chi connectivity index (χ0n) is 46.3. The molecule has 1 aliphatic carbocycles. The number of nitrogens with zero attached hydrogens (tertiary/aromatic N) is 2. The van der Waals surface area contributed by atoms with Crippen molar-refractivity contribution in [2.45, 2.75) is 171 Å². The molecule has 3 aliphatic rings. The molecule has 0 aromatic heterocycles. The summed E-state index contributed by atoms with van der Waals surface area (Å²) in [5.41, 5.74) is 0.472. The van der Waals surface area contributed by atoms with Crippen LogP contribution in [0.1, 0.15) is 110 Å². The van der Waals surface area contributed by atoms with Crippen LogP contribution in [0.15, 0.2) is 24.3 Å². The fraction of sp³-hybridized carbons (Fsp3) is 0.660. The number of likely N-dealkylation sites (tertiary alicyclic amines) is 2. The van der Waals surface area contributed by atoms with Crippen molar-refractivity contribution in [3.8, 4) is 5.75 Å². The van der Waals surface area contributed by atoms with E-state index in [1.54, 1.807) is 13.8 Å². The zero-order chi connectivity index (χ0) is 60.8. The molecule has 0 spiro atoms. The number of aliphatic hydroxyl groups excluding tert-OH is 4. The number of aromatic hydroxyl groups is 1. The number of rotatable bonds is 31. The van der Waals surface area contributed by atoms with Crippen molar-refractivity contribution < 1.29 is 93.3 Å². The fourth-order valence-corrected chi connectivity index (χ4v) is 9.99. The summed E-state index contributed by atoms with van der Waals surface area (Å²) in [4.78, 5) is 161. The maximum Gasteiger partial charge on any atom is 0.328 e. The maximum absolute atomic E-state index is 14.4. The van der Waals surface area contributed by atoms with E-state index in [0.717, 1.165) is 37.0 Å². The summed E-state index contributed by atoms with van der Waals surface area (Å²) < 4.78 is 0. The molecule has 1 aromatic rings. The number of nitrogens with one attached hydrogen (secondary N) is 8. The highest BCUT2D eigenvalue weighted by molar-refractivity contribution is 5.99. The van der Waals surface area contributed by atoms with Gasteiger partial charge in [-0.3, -0.25) is 52.7 Å². The summed E-state index contributed by atoms with van der Waals surface area (Å²) in [5, 5.41) is 87.6. The molecule has 0 bridgehead atoms. The molecular formula is C53H80N10O19. The summed E-state index contributed by atoms with van der Waals surface area (Å²) in [7, 11) is 0. The number of aliphatic hydroxyl groups is 4. The van der Waals surface area contributed by atoms with Crippen molar-refractivity contribution in [1.82, 2.24) is 52.3 Å². The predicted octanol–water partition coefficient (Wildman–Crippen LogP) is -4.25. The number of carbonyl (C=O) groups excluding carboxylic acids is 10. The Labute approximate surface area is 473 Å². The molecule has 29 nitrogen and oxygen atoms in total. The van der Waals surface area contributed by atoms with Gasteiger partial charge >= 0.3 is 11.9 Å². The van der Waals surface area contributed by atoms with E-state index in [0.29, 0.717) is 24.8 Å². The molecule has 11 atom stereocenters. The van der Waals surface area contributed by atoms with Crippen molar-refractivity contribution >= 4 is 71.0 Å². The molecule has 2 saturated heterocycles. The van der Waals surface area contributed by atoms with Crippen LogP contribution in [-0.4, -0.2) is 216 Å². The average Bonchev–Trinajstić information content (AvgIpc) is 4.24. The number of hydrogen-bond donors (Lipinski definition) is 15. The molecule has 2 heterocycles.